The zero-order chi connectivity index (χ0) is 20.4. The number of hydrogen-bond donors (Lipinski definition) is 1. The molecule has 0 aromatic carbocycles. The topological polar surface area (TPSA) is 52.7 Å². The van der Waals surface area contributed by atoms with Crippen molar-refractivity contribution in [3.05, 3.63) is 34.4 Å². The van der Waals surface area contributed by atoms with Gasteiger partial charge in [-0.3, -0.25) is 0 Å². The Hall–Kier alpha value is -1.15. The lowest BCUT2D eigenvalue weighted by Crippen LogP contribution is -2.48. The number of hydrogen-bond acceptors (Lipinski definition) is 5. The van der Waals surface area contributed by atoms with Crippen molar-refractivity contribution in [2.24, 2.45) is 0 Å². The molecule has 1 aromatic heterocycles. The Balaban J connectivity index is 1.46. The SMILES string of the molecule is CCC1=CC(c2ccc(S(=O)(=O)N3CCC(N4CCCCC4)CC3)s2)=C(C)NC1. The van der Waals surface area contributed by atoms with Crippen molar-refractivity contribution < 1.29 is 8.42 Å². The van der Waals surface area contributed by atoms with Gasteiger partial charge in [-0.1, -0.05) is 25.0 Å². The summed E-state index contributed by atoms with van der Waals surface area (Å²) < 4.78 is 28.7. The van der Waals surface area contributed by atoms with Crippen molar-refractivity contribution in [3.8, 4) is 0 Å². The van der Waals surface area contributed by atoms with Crippen molar-refractivity contribution >= 4 is 26.9 Å². The molecule has 0 amide bonds. The summed E-state index contributed by atoms with van der Waals surface area (Å²) in [6.07, 6.45) is 9.04. The van der Waals surface area contributed by atoms with Crippen LogP contribution in [0.15, 0.2) is 33.7 Å². The Labute approximate surface area is 179 Å². The lowest BCUT2D eigenvalue weighted by atomic mass is 10.0. The number of dihydropyridines is 1. The van der Waals surface area contributed by atoms with E-state index in [-0.39, 0.29) is 0 Å². The van der Waals surface area contributed by atoms with E-state index in [0.717, 1.165) is 42.0 Å². The van der Waals surface area contributed by atoms with Gasteiger partial charge in [-0.15, -0.1) is 11.3 Å². The smallest absolute Gasteiger partial charge is 0.252 e. The van der Waals surface area contributed by atoms with Gasteiger partial charge in [-0.2, -0.15) is 4.31 Å². The number of thiophene rings is 1. The normalized spacial score (nSPS) is 23.2. The minimum absolute atomic E-state index is 0.473. The third-order valence-electron chi connectivity index (χ3n) is 6.56. The Kier molecular flexibility index (Phi) is 6.49. The molecule has 5 nitrogen and oxygen atoms in total. The van der Waals surface area contributed by atoms with E-state index in [1.807, 2.05) is 6.07 Å². The second kappa shape index (κ2) is 8.92. The molecule has 0 bridgehead atoms. The first-order chi connectivity index (χ1) is 14.0. The molecule has 7 heteroatoms. The molecule has 2 saturated heterocycles. The highest BCUT2D eigenvalue weighted by molar-refractivity contribution is 7.91. The molecule has 0 atom stereocenters. The maximum atomic E-state index is 13.2. The van der Waals surface area contributed by atoms with Crippen molar-refractivity contribution in [2.75, 3.05) is 32.7 Å². The predicted octanol–water partition coefficient (Wildman–Crippen LogP) is 4.06. The first-order valence-electron chi connectivity index (χ1n) is 11.0. The number of allylic oxidation sites excluding steroid dienone is 3. The van der Waals surface area contributed by atoms with E-state index in [1.54, 1.807) is 10.4 Å². The average Bonchev–Trinajstić information content (AvgIpc) is 3.26. The Morgan fingerprint density at radius 3 is 2.52 bits per heavy atom. The zero-order valence-corrected chi connectivity index (χ0v) is 19.2. The fourth-order valence-corrected chi connectivity index (χ4v) is 7.65. The van der Waals surface area contributed by atoms with Crippen LogP contribution in [0.5, 0.6) is 0 Å². The fraction of sp³-hybridized carbons (Fsp3) is 0.636. The quantitative estimate of drug-likeness (QED) is 0.758. The number of rotatable bonds is 5. The second-order valence-corrected chi connectivity index (χ2v) is 11.6. The van der Waals surface area contributed by atoms with Crippen LogP contribution in [-0.4, -0.2) is 56.4 Å². The molecule has 3 aliphatic heterocycles. The van der Waals surface area contributed by atoms with Gasteiger partial charge in [-0.25, -0.2) is 8.42 Å². The molecule has 1 aromatic rings. The first kappa shape index (κ1) is 21.1. The molecular formula is C22H33N3O2S2. The van der Waals surface area contributed by atoms with Crippen LogP contribution in [-0.2, 0) is 10.0 Å². The summed E-state index contributed by atoms with van der Waals surface area (Å²) in [5.41, 5.74) is 3.60. The number of sulfonamides is 1. The van der Waals surface area contributed by atoms with Crippen LogP contribution >= 0.6 is 11.3 Å². The van der Waals surface area contributed by atoms with Gasteiger partial charge < -0.3 is 10.2 Å². The third-order valence-corrected chi connectivity index (χ3v) is 10.0. The summed E-state index contributed by atoms with van der Waals surface area (Å²) in [5, 5.41) is 3.43. The molecule has 0 spiro atoms. The fourth-order valence-electron chi connectivity index (χ4n) is 4.65. The molecule has 2 fully saturated rings. The van der Waals surface area contributed by atoms with Crippen LogP contribution in [0.25, 0.3) is 5.57 Å². The van der Waals surface area contributed by atoms with Gasteiger partial charge >= 0.3 is 0 Å². The van der Waals surface area contributed by atoms with Gasteiger partial charge in [0.2, 0.25) is 0 Å². The monoisotopic (exact) mass is 435 g/mol. The van der Waals surface area contributed by atoms with Crippen molar-refractivity contribution in [1.29, 1.82) is 0 Å². The summed E-state index contributed by atoms with van der Waals surface area (Å²) in [6.45, 7) is 8.75. The first-order valence-corrected chi connectivity index (χ1v) is 13.2. The van der Waals surface area contributed by atoms with Gasteiger partial charge in [0.1, 0.15) is 4.21 Å². The number of piperidine rings is 2. The average molecular weight is 436 g/mol. The number of nitrogens with zero attached hydrogens (tertiary/aromatic N) is 2. The zero-order valence-electron chi connectivity index (χ0n) is 17.6. The molecule has 4 heterocycles. The molecule has 1 N–H and O–H groups in total. The van der Waals surface area contributed by atoms with E-state index in [4.69, 9.17) is 0 Å². The summed E-state index contributed by atoms with van der Waals surface area (Å²) >= 11 is 1.40. The van der Waals surface area contributed by atoms with Gasteiger partial charge in [0.05, 0.1) is 0 Å². The maximum Gasteiger partial charge on any atom is 0.252 e. The summed E-state index contributed by atoms with van der Waals surface area (Å²) in [5.74, 6) is 0. The molecule has 160 valence electrons. The minimum atomic E-state index is -3.40. The standard InChI is InChI=1S/C22H33N3O2S2/c1-3-18-15-20(17(2)23-16-18)21-7-8-22(28-21)29(26,27)25-13-9-19(10-14-25)24-11-5-4-6-12-24/h7-8,15,19,23H,3-6,9-14,16H2,1-2H3. The van der Waals surface area contributed by atoms with Crippen molar-refractivity contribution in [3.63, 3.8) is 0 Å². The van der Waals surface area contributed by atoms with Crippen LogP contribution in [0.4, 0.5) is 0 Å². The van der Waals surface area contributed by atoms with Crippen LogP contribution in [0, 0.1) is 0 Å². The second-order valence-electron chi connectivity index (χ2n) is 8.40. The van der Waals surface area contributed by atoms with E-state index in [2.05, 4.69) is 30.1 Å². The molecule has 0 unspecified atom stereocenters. The van der Waals surface area contributed by atoms with E-state index in [0.29, 0.717) is 23.3 Å². The highest BCUT2D eigenvalue weighted by Gasteiger charge is 2.33. The number of likely N-dealkylation sites (tertiary alicyclic amines) is 1. The molecular weight excluding hydrogens is 402 g/mol. The van der Waals surface area contributed by atoms with Crippen molar-refractivity contribution in [2.45, 2.75) is 62.6 Å². The van der Waals surface area contributed by atoms with E-state index >= 15 is 0 Å². The van der Waals surface area contributed by atoms with Crippen LogP contribution in [0.1, 0.15) is 57.2 Å². The Bertz CT molecular complexity index is 887. The minimum Gasteiger partial charge on any atom is -0.384 e. The highest BCUT2D eigenvalue weighted by Crippen LogP contribution is 2.34. The summed E-state index contributed by atoms with van der Waals surface area (Å²) in [6, 6.07) is 4.31. The molecule has 29 heavy (non-hydrogen) atoms. The summed E-state index contributed by atoms with van der Waals surface area (Å²) in [4.78, 5) is 3.61. The van der Waals surface area contributed by atoms with E-state index < -0.39 is 10.0 Å². The molecule has 4 rings (SSSR count). The predicted molar refractivity (Wildman–Crippen MR) is 120 cm³/mol. The van der Waals surface area contributed by atoms with E-state index in [9.17, 15) is 8.42 Å². The van der Waals surface area contributed by atoms with Crippen LogP contribution in [0.2, 0.25) is 0 Å². The van der Waals surface area contributed by atoms with Gasteiger partial charge in [0.25, 0.3) is 10.0 Å². The van der Waals surface area contributed by atoms with Gasteiger partial charge in [-0.05, 0) is 64.3 Å². The maximum absolute atomic E-state index is 13.2. The van der Waals surface area contributed by atoms with Crippen LogP contribution < -0.4 is 5.32 Å². The van der Waals surface area contributed by atoms with Crippen molar-refractivity contribution in [1.82, 2.24) is 14.5 Å². The Morgan fingerprint density at radius 1 is 1.10 bits per heavy atom. The number of nitrogens with one attached hydrogen (secondary N) is 1. The highest BCUT2D eigenvalue weighted by atomic mass is 32.2. The molecule has 0 saturated carbocycles. The molecule has 3 aliphatic rings. The lowest BCUT2D eigenvalue weighted by Gasteiger charge is -2.39. The Morgan fingerprint density at radius 2 is 1.83 bits per heavy atom. The lowest BCUT2D eigenvalue weighted by molar-refractivity contribution is 0.118. The summed E-state index contributed by atoms with van der Waals surface area (Å²) in [7, 11) is -3.40. The third kappa shape index (κ3) is 4.48. The van der Waals surface area contributed by atoms with Crippen LogP contribution in [0.3, 0.4) is 0 Å². The van der Waals surface area contributed by atoms with E-state index in [1.165, 1.54) is 49.3 Å². The molecule has 0 radical (unpaired) electrons. The van der Waals surface area contributed by atoms with Gasteiger partial charge in [0, 0.05) is 41.8 Å². The van der Waals surface area contributed by atoms with Gasteiger partial charge in [0.15, 0.2) is 0 Å². The largest absolute Gasteiger partial charge is 0.384 e. The molecule has 0 aliphatic carbocycles.